The lowest BCUT2D eigenvalue weighted by atomic mass is 10.3. The first kappa shape index (κ1) is 13.7. The zero-order valence-electron chi connectivity index (χ0n) is 8.56. The molecular formula is C10H18FN. The van der Waals surface area contributed by atoms with E-state index >= 15 is 0 Å². The smallest absolute Gasteiger partial charge is 0.213 e. The molecule has 70 valence electrons. The number of aryl methyl sites for hydroxylation is 1. The predicted octanol–water partition coefficient (Wildman–Crippen LogP) is 3.58. The Labute approximate surface area is 74.7 Å². The van der Waals surface area contributed by atoms with Crippen molar-refractivity contribution in [3.8, 4) is 0 Å². The van der Waals surface area contributed by atoms with Gasteiger partial charge in [-0.05, 0) is 24.6 Å². The van der Waals surface area contributed by atoms with Crippen LogP contribution in [0.3, 0.4) is 0 Å². The van der Waals surface area contributed by atoms with Gasteiger partial charge in [-0.3, -0.25) is 0 Å². The highest BCUT2D eigenvalue weighted by Crippen LogP contribution is 1.95. The molecule has 0 radical (unpaired) electrons. The van der Waals surface area contributed by atoms with Crippen LogP contribution in [0.4, 0.5) is 4.39 Å². The fourth-order valence-corrected chi connectivity index (χ4v) is 0.499. The van der Waals surface area contributed by atoms with Gasteiger partial charge in [-0.1, -0.05) is 27.7 Å². The van der Waals surface area contributed by atoms with E-state index in [9.17, 15) is 4.39 Å². The molecule has 0 N–H and O–H groups in total. The summed E-state index contributed by atoms with van der Waals surface area (Å²) in [5.41, 5.74) is 0.900. The van der Waals surface area contributed by atoms with E-state index in [4.69, 9.17) is 0 Å². The first-order valence-corrected chi connectivity index (χ1v) is 4.37. The normalized spacial score (nSPS) is 7.17. The molecule has 0 aliphatic carbocycles. The largest absolute Gasteiger partial charge is 0.228 e. The topological polar surface area (TPSA) is 12.9 Å². The molecule has 0 unspecified atom stereocenters. The van der Waals surface area contributed by atoms with Gasteiger partial charge in [0.15, 0.2) is 0 Å². The highest BCUT2D eigenvalue weighted by atomic mass is 19.1. The Morgan fingerprint density at radius 3 is 1.92 bits per heavy atom. The minimum Gasteiger partial charge on any atom is -0.228 e. The lowest BCUT2D eigenvalue weighted by molar-refractivity contribution is 0.582. The Hall–Kier alpha value is -0.920. The standard InChI is InChI=1S/C6H6FN.2C2H6/c1-5-2-3-8-6(7)4-5;2*1-2/h2-4H,1H3;2*1-2H3. The van der Waals surface area contributed by atoms with Gasteiger partial charge in [-0.25, -0.2) is 4.98 Å². The summed E-state index contributed by atoms with van der Waals surface area (Å²) in [4.78, 5) is 3.37. The minimum atomic E-state index is -0.412. The van der Waals surface area contributed by atoms with Crippen molar-refractivity contribution in [2.24, 2.45) is 0 Å². The quantitative estimate of drug-likeness (QED) is 0.544. The fourth-order valence-electron chi connectivity index (χ4n) is 0.499. The van der Waals surface area contributed by atoms with E-state index in [1.165, 1.54) is 12.3 Å². The molecule has 0 fully saturated rings. The second kappa shape index (κ2) is 10.1. The van der Waals surface area contributed by atoms with Gasteiger partial charge in [-0.2, -0.15) is 4.39 Å². The van der Waals surface area contributed by atoms with E-state index in [1.807, 2.05) is 34.6 Å². The average Bonchev–Trinajstić information content (AvgIpc) is 2.11. The maximum Gasteiger partial charge on any atom is 0.213 e. The van der Waals surface area contributed by atoms with Crippen molar-refractivity contribution in [3.63, 3.8) is 0 Å². The molecule has 0 saturated carbocycles. The molecule has 1 rings (SSSR count). The van der Waals surface area contributed by atoms with Crippen molar-refractivity contribution in [2.75, 3.05) is 0 Å². The Morgan fingerprint density at radius 1 is 1.17 bits per heavy atom. The molecule has 12 heavy (non-hydrogen) atoms. The Kier molecular flexibility index (Phi) is 11.5. The van der Waals surface area contributed by atoms with Crippen molar-refractivity contribution in [1.29, 1.82) is 0 Å². The van der Waals surface area contributed by atoms with Crippen molar-refractivity contribution < 1.29 is 4.39 Å². The van der Waals surface area contributed by atoms with E-state index < -0.39 is 5.95 Å². The molecule has 1 nitrogen and oxygen atoms in total. The summed E-state index contributed by atoms with van der Waals surface area (Å²) >= 11 is 0. The zero-order chi connectivity index (χ0) is 9.98. The van der Waals surface area contributed by atoms with E-state index in [2.05, 4.69) is 4.98 Å². The second-order valence-corrected chi connectivity index (χ2v) is 1.66. The number of nitrogens with zero attached hydrogens (tertiary/aromatic N) is 1. The molecule has 0 saturated heterocycles. The molecule has 0 amide bonds. The number of pyridine rings is 1. The maximum atomic E-state index is 12.1. The SMILES string of the molecule is CC.CC.Cc1ccnc(F)c1. The van der Waals surface area contributed by atoms with E-state index in [0.717, 1.165) is 5.56 Å². The summed E-state index contributed by atoms with van der Waals surface area (Å²) in [5.74, 6) is -0.412. The molecule has 0 atom stereocenters. The maximum absolute atomic E-state index is 12.1. The molecule has 0 spiro atoms. The molecule has 0 bridgehead atoms. The van der Waals surface area contributed by atoms with E-state index in [1.54, 1.807) is 6.07 Å². The third kappa shape index (κ3) is 7.19. The molecular weight excluding hydrogens is 153 g/mol. The lowest BCUT2D eigenvalue weighted by Crippen LogP contribution is -1.79. The van der Waals surface area contributed by atoms with Crippen LogP contribution >= 0.6 is 0 Å². The number of hydrogen-bond acceptors (Lipinski definition) is 1. The third-order valence-corrected chi connectivity index (χ3v) is 0.882. The third-order valence-electron chi connectivity index (χ3n) is 0.882. The number of hydrogen-bond donors (Lipinski definition) is 0. The first-order valence-electron chi connectivity index (χ1n) is 4.37. The van der Waals surface area contributed by atoms with Crippen LogP contribution in [0, 0.1) is 12.9 Å². The van der Waals surface area contributed by atoms with Crippen molar-refractivity contribution >= 4 is 0 Å². The van der Waals surface area contributed by atoms with Gasteiger partial charge in [0.2, 0.25) is 5.95 Å². The Bertz CT molecular complexity index is 170. The van der Waals surface area contributed by atoms with Crippen LogP contribution in [-0.4, -0.2) is 4.98 Å². The van der Waals surface area contributed by atoms with Gasteiger partial charge in [0, 0.05) is 6.20 Å². The molecule has 2 heteroatoms. The van der Waals surface area contributed by atoms with Crippen LogP contribution in [0.2, 0.25) is 0 Å². The van der Waals surface area contributed by atoms with Gasteiger partial charge in [-0.15, -0.1) is 0 Å². The van der Waals surface area contributed by atoms with Crippen LogP contribution in [0.25, 0.3) is 0 Å². The summed E-state index contributed by atoms with van der Waals surface area (Å²) in [6, 6.07) is 3.14. The highest BCUT2D eigenvalue weighted by molar-refractivity contribution is 5.07. The van der Waals surface area contributed by atoms with E-state index in [-0.39, 0.29) is 0 Å². The van der Waals surface area contributed by atoms with Gasteiger partial charge >= 0.3 is 0 Å². The number of aromatic nitrogens is 1. The lowest BCUT2D eigenvalue weighted by Gasteiger charge is -1.86. The molecule has 1 aromatic rings. The summed E-state index contributed by atoms with van der Waals surface area (Å²) in [6.45, 7) is 9.82. The Morgan fingerprint density at radius 2 is 1.67 bits per heavy atom. The van der Waals surface area contributed by atoms with Crippen LogP contribution in [0.1, 0.15) is 33.3 Å². The zero-order valence-corrected chi connectivity index (χ0v) is 8.56. The summed E-state index contributed by atoms with van der Waals surface area (Å²) in [7, 11) is 0. The van der Waals surface area contributed by atoms with E-state index in [0.29, 0.717) is 0 Å². The van der Waals surface area contributed by atoms with Crippen LogP contribution in [0.15, 0.2) is 18.3 Å². The molecule has 1 aromatic heterocycles. The monoisotopic (exact) mass is 171 g/mol. The van der Waals surface area contributed by atoms with Crippen molar-refractivity contribution in [2.45, 2.75) is 34.6 Å². The number of halogens is 1. The molecule has 1 heterocycles. The summed E-state index contributed by atoms with van der Waals surface area (Å²) in [5, 5.41) is 0. The molecule has 0 aliphatic rings. The molecule has 0 aliphatic heterocycles. The van der Waals surface area contributed by atoms with Crippen molar-refractivity contribution in [3.05, 3.63) is 29.8 Å². The number of rotatable bonds is 0. The van der Waals surface area contributed by atoms with Gasteiger partial charge < -0.3 is 0 Å². The highest BCUT2D eigenvalue weighted by Gasteiger charge is 1.86. The van der Waals surface area contributed by atoms with Gasteiger partial charge in [0.25, 0.3) is 0 Å². The van der Waals surface area contributed by atoms with Crippen molar-refractivity contribution in [1.82, 2.24) is 4.98 Å². The minimum absolute atomic E-state index is 0.412. The van der Waals surface area contributed by atoms with Crippen LogP contribution in [-0.2, 0) is 0 Å². The van der Waals surface area contributed by atoms with Gasteiger partial charge in [0.05, 0.1) is 0 Å². The second-order valence-electron chi connectivity index (χ2n) is 1.66. The predicted molar refractivity (Wildman–Crippen MR) is 51.6 cm³/mol. The van der Waals surface area contributed by atoms with Crippen LogP contribution in [0.5, 0.6) is 0 Å². The fraction of sp³-hybridized carbons (Fsp3) is 0.500. The van der Waals surface area contributed by atoms with Gasteiger partial charge in [0.1, 0.15) is 0 Å². The van der Waals surface area contributed by atoms with Crippen LogP contribution < -0.4 is 0 Å². The summed E-state index contributed by atoms with van der Waals surface area (Å²) in [6.07, 6.45) is 1.45. The Balaban J connectivity index is 0. The average molecular weight is 171 g/mol. The molecule has 0 aromatic carbocycles. The first-order chi connectivity index (χ1) is 5.79. The summed E-state index contributed by atoms with van der Waals surface area (Å²) < 4.78 is 12.1.